The molecule has 1 heterocycles. The third-order valence-electron chi connectivity index (χ3n) is 3.02. The number of rotatable bonds is 5. The number of methoxy groups -OCH3 is 1. The van der Waals surface area contributed by atoms with Gasteiger partial charge in [0.05, 0.1) is 23.9 Å². The number of nitrogens with zero attached hydrogens (tertiary/aromatic N) is 2. The average molecular weight is 272 g/mol. The van der Waals surface area contributed by atoms with Gasteiger partial charge in [-0.25, -0.2) is 0 Å². The molecule has 0 spiro atoms. The first-order valence-electron chi connectivity index (χ1n) is 6.06. The van der Waals surface area contributed by atoms with E-state index >= 15 is 0 Å². The minimum atomic E-state index is -4.35. The molecule has 1 aromatic rings. The second kappa shape index (κ2) is 5.69. The lowest BCUT2D eigenvalue weighted by Gasteiger charge is -2.09. The molecule has 0 N–H and O–H groups in total. The number of aliphatic imine (C=N–C) groups is 1. The molecule has 1 fully saturated rings. The van der Waals surface area contributed by atoms with Crippen molar-refractivity contribution in [3.05, 3.63) is 29.6 Å². The maximum absolute atomic E-state index is 12.4. The van der Waals surface area contributed by atoms with E-state index in [1.807, 2.05) is 0 Å². The zero-order chi connectivity index (χ0) is 13.9. The van der Waals surface area contributed by atoms with Gasteiger partial charge in [-0.3, -0.25) is 9.98 Å². The Morgan fingerprint density at radius 3 is 2.68 bits per heavy atom. The Balaban J connectivity index is 2.02. The Labute approximate surface area is 109 Å². The van der Waals surface area contributed by atoms with Gasteiger partial charge in [0.25, 0.3) is 0 Å². The summed E-state index contributed by atoms with van der Waals surface area (Å²) in [6, 6.07) is 2.41. The van der Waals surface area contributed by atoms with Crippen molar-refractivity contribution in [3.63, 3.8) is 0 Å². The molecule has 0 aromatic carbocycles. The molecule has 2 rings (SSSR count). The lowest BCUT2D eigenvalue weighted by molar-refractivity contribution is -0.137. The van der Waals surface area contributed by atoms with Gasteiger partial charge in [0.1, 0.15) is 0 Å². The molecule has 6 heteroatoms. The van der Waals surface area contributed by atoms with Gasteiger partial charge >= 0.3 is 6.18 Å². The van der Waals surface area contributed by atoms with Crippen molar-refractivity contribution in [2.75, 3.05) is 13.7 Å². The molecule has 0 radical (unpaired) electrons. The summed E-state index contributed by atoms with van der Waals surface area (Å²) in [6.45, 7) is 0.530. The van der Waals surface area contributed by atoms with Crippen LogP contribution >= 0.6 is 0 Å². The van der Waals surface area contributed by atoms with E-state index in [9.17, 15) is 13.2 Å². The summed E-state index contributed by atoms with van der Waals surface area (Å²) in [7, 11) is 1.61. The molecule has 0 aliphatic heterocycles. The number of pyridine rings is 1. The van der Waals surface area contributed by atoms with Crippen LogP contribution in [0.5, 0.6) is 0 Å². The van der Waals surface area contributed by atoms with Gasteiger partial charge in [-0.05, 0) is 30.9 Å². The van der Waals surface area contributed by atoms with Gasteiger partial charge < -0.3 is 4.74 Å². The Hall–Kier alpha value is -1.43. The highest BCUT2D eigenvalue weighted by Gasteiger charge is 2.31. The maximum atomic E-state index is 12.4. The van der Waals surface area contributed by atoms with Crippen LogP contribution in [0, 0.1) is 5.92 Å². The molecular weight excluding hydrogens is 257 g/mol. The summed E-state index contributed by atoms with van der Waals surface area (Å²) in [5, 5.41) is 0. The van der Waals surface area contributed by atoms with Gasteiger partial charge in [0.2, 0.25) is 0 Å². The van der Waals surface area contributed by atoms with E-state index in [1.54, 1.807) is 7.11 Å². The quantitative estimate of drug-likeness (QED) is 0.772. The predicted molar refractivity (Wildman–Crippen MR) is 65.2 cm³/mol. The SMILES string of the molecule is COCC(N=Cc1ccc(C(F)(F)F)cn1)C1CC1. The lowest BCUT2D eigenvalue weighted by atomic mass is 10.2. The Kier molecular flexibility index (Phi) is 4.19. The van der Waals surface area contributed by atoms with Gasteiger partial charge in [0.15, 0.2) is 0 Å². The van der Waals surface area contributed by atoms with Gasteiger partial charge in [-0.1, -0.05) is 0 Å². The number of hydrogen-bond donors (Lipinski definition) is 0. The van der Waals surface area contributed by atoms with E-state index in [1.165, 1.54) is 12.3 Å². The molecule has 1 aliphatic rings. The molecule has 1 aromatic heterocycles. The van der Waals surface area contributed by atoms with Crippen molar-refractivity contribution in [2.24, 2.45) is 10.9 Å². The zero-order valence-electron chi connectivity index (χ0n) is 10.5. The normalized spacial score (nSPS) is 17.9. The third kappa shape index (κ3) is 4.02. The predicted octanol–water partition coefficient (Wildman–Crippen LogP) is 2.94. The summed E-state index contributed by atoms with van der Waals surface area (Å²) >= 11 is 0. The summed E-state index contributed by atoms with van der Waals surface area (Å²) in [6.07, 6.45) is 0.249. The minimum absolute atomic E-state index is 0.0779. The topological polar surface area (TPSA) is 34.5 Å². The van der Waals surface area contributed by atoms with E-state index in [-0.39, 0.29) is 6.04 Å². The second-order valence-corrected chi connectivity index (χ2v) is 4.61. The number of aromatic nitrogens is 1. The highest BCUT2D eigenvalue weighted by molar-refractivity contribution is 5.77. The molecule has 0 amide bonds. The molecule has 1 aliphatic carbocycles. The van der Waals surface area contributed by atoms with Crippen LogP contribution in [-0.2, 0) is 10.9 Å². The highest BCUT2D eigenvalue weighted by atomic mass is 19.4. The van der Waals surface area contributed by atoms with Crippen molar-refractivity contribution < 1.29 is 17.9 Å². The molecule has 19 heavy (non-hydrogen) atoms. The fourth-order valence-corrected chi connectivity index (χ4v) is 1.77. The summed E-state index contributed by atoms with van der Waals surface area (Å²) in [5.74, 6) is 0.533. The van der Waals surface area contributed by atoms with Crippen LogP contribution in [0.25, 0.3) is 0 Å². The van der Waals surface area contributed by atoms with Crippen molar-refractivity contribution in [1.82, 2.24) is 4.98 Å². The van der Waals surface area contributed by atoms with Crippen LogP contribution in [-0.4, -0.2) is 31.0 Å². The van der Waals surface area contributed by atoms with Crippen molar-refractivity contribution in [3.8, 4) is 0 Å². The van der Waals surface area contributed by atoms with E-state index in [0.717, 1.165) is 25.1 Å². The van der Waals surface area contributed by atoms with Gasteiger partial charge in [-0.2, -0.15) is 13.2 Å². The number of hydrogen-bond acceptors (Lipinski definition) is 3. The Morgan fingerprint density at radius 2 is 2.21 bits per heavy atom. The number of alkyl halides is 3. The molecule has 1 atom stereocenters. The van der Waals surface area contributed by atoms with Crippen LogP contribution < -0.4 is 0 Å². The maximum Gasteiger partial charge on any atom is 0.417 e. The fraction of sp³-hybridized carbons (Fsp3) is 0.538. The summed E-state index contributed by atoms with van der Waals surface area (Å²) in [5.41, 5.74) is -0.324. The van der Waals surface area contributed by atoms with Crippen molar-refractivity contribution in [2.45, 2.75) is 25.1 Å². The fourth-order valence-electron chi connectivity index (χ4n) is 1.77. The van der Waals surface area contributed by atoms with Crippen LogP contribution in [0.4, 0.5) is 13.2 Å². The average Bonchev–Trinajstić information content (AvgIpc) is 3.18. The molecule has 0 saturated heterocycles. The zero-order valence-corrected chi connectivity index (χ0v) is 10.5. The van der Waals surface area contributed by atoms with Crippen LogP contribution in [0.2, 0.25) is 0 Å². The van der Waals surface area contributed by atoms with Gasteiger partial charge in [0, 0.05) is 19.5 Å². The van der Waals surface area contributed by atoms with E-state index in [0.29, 0.717) is 18.2 Å². The Bertz CT molecular complexity index is 438. The van der Waals surface area contributed by atoms with Crippen molar-refractivity contribution in [1.29, 1.82) is 0 Å². The monoisotopic (exact) mass is 272 g/mol. The number of halogens is 3. The van der Waals surface area contributed by atoms with E-state index in [4.69, 9.17) is 4.74 Å². The smallest absolute Gasteiger partial charge is 0.382 e. The largest absolute Gasteiger partial charge is 0.417 e. The summed E-state index contributed by atoms with van der Waals surface area (Å²) in [4.78, 5) is 8.09. The van der Waals surface area contributed by atoms with E-state index < -0.39 is 11.7 Å². The molecule has 0 bridgehead atoms. The lowest BCUT2D eigenvalue weighted by Crippen LogP contribution is -2.15. The van der Waals surface area contributed by atoms with E-state index in [2.05, 4.69) is 9.98 Å². The Morgan fingerprint density at radius 1 is 1.47 bits per heavy atom. The first kappa shape index (κ1) is 14.0. The first-order valence-corrected chi connectivity index (χ1v) is 6.06. The van der Waals surface area contributed by atoms with Crippen LogP contribution in [0.15, 0.2) is 23.3 Å². The molecular formula is C13H15F3N2O. The molecule has 104 valence electrons. The minimum Gasteiger partial charge on any atom is -0.382 e. The first-order chi connectivity index (χ1) is 9.00. The summed E-state index contributed by atoms with van der Waals surface area (Å²) < 4.78 is 42.1. The molecule has 1 saturated carbocycles. The van der Waals surface area contributed by atoms with Crippen LogP contribution in [0.1, 0.15) is 24.1 Å². The molecule has 3 nitrogen and oxygen atoms in total. The van der Waals surface area contributed by atoms with Crippen LogP contribution in [0.3, 0.4) is 0 Å². The molecule has 1 unspecified atom stereocenters. The highest BCUT2D eigenvalue weighted by Crippen LogP contribution is 2.34. The third-order valence-corrected chi connectivity index (χ3v) is 3.02. The number of ether oxygens (including phenoxy) is 1. The van der Waals surface area contributed by atoms with Gasteiger partial charge in [-0.15, -0.1) is 0 Å². The standard InChI is InChI=1S/C13H15F3N2O/c1-19-8-12(9-2-3-9)18-7-11-5-4-10(6-17-11)13(14,15)16/h4-7,9,12H,2-3,8H2,1H3. The van der Waals surface area contributed by atoms with Crippen molar-refractivity contribution >= 4 is 6.21 Å². The second-order valence-electron chi connectivity index (χ2n) is 4.61.